The second kappa shape index (κ2) is 7.01. The van der Waals surface area contributed by atoms with Gasteiger partial charge in [0.15, 0.2) is 0 Å². The van der Waals surface area contributed by atoms with Crippen molar-refractivity contribution < 1.29 is 4.79 Å². The molecule has 1 spiro atoms. The fourth-order valence-corrected chi connectivity index (χ4v) is 3.78. The van der Waals surface area contributed by atoms with Gasteiger partial charge in [0.1, 0.15) is 0 Å². The molecule has 2 aliphatic rings. The zero-order valence-corrected chi connectivity index (χ0v) is 14.5. The van der Waals surface area contributed by atoms with Crippen molar-refractivity contribution in [3.05, 3.63) is 34.9 Å². The van der Waals surface area contributed by atoms with Crippen LogP contribution in [-0.2, 0) is 11.2 Å². The van der Waals surface area contributed by atoms with E-state index in [9.17, 15) is 4.79 Å². The molecule has 2 aliphatic heterocycles. The van der Waals surface area contributed by atoms with Crippen molar-refractivity contribution in [2.75, 3.05) is 26.2 Å². The number of aryl methyl sites for hydroxylation is 2. The Hall–Kier alpha value is -1.06. The highest BCUT2D eigenvalue weighted by molar-refractivity contribution is 5.85. The molecular formula is C18H27ClN2O. The summed E-state index contributed by atoms with van der Waals surface area (Å²) in [5, 5.41) is 3.43. The van der Waals surface area contributed by atoms with Crippen molar-refractivity contribution >= 4 is 18.3 Å². The number of nitrogens with one attached hydrogen (secondary N) is 1. The summed E-state index contributed by atoms with van der Waals surface area (Å²) in [5.41, 5.74) is 4.05. The first-order valence-electron chi connectivity index (χ1n) is 8.13. The molecule has 2 heterocycles. The summed E-state index contributed by atoms with van der Waals surface area (Å²) in [6.45, 7) is 8.33. The molecular weight excluding hydrogens is 296 g/mol. The van der Waals surface area contributed by atoms with Gasteiger partial charge in [-0.25, -0.2) is 0 Å². The Kier molecular flexibility index (Phi) is 5.51. The summed E-state index contributed by atoms with van der Waals surface area (Å²) in [6, 6.07) is 6.39. The van der Waals surface area contributed by atoms with Gasteiger partial charge >= 0.3 is 0 Å². The Labute approximate surface area is 139 Å². The van der Waals surface area contributed by atoms with Crippen LogP contribution in [0.5, 0.6) is 0 Å². The number of benzene rings is 1. The van der Waals surface area contributed by atoms with Crippen LogP contribution in [0.15, 0.2) is 18.2 Å². The topological polar surface area (TPSA) is 32.3 Å². The molecule has 3 rings (SSSR count). The van der Waals surface area contributed by atoms with Gasteiger partial charge in [-0.1, -0.05) is 23.8 Å². The molecule has 0 aliphatic carbocycles. The van der Waals surface area contributed by atoms with Crippen LogP contribution in [0.4, 0.5) is 0 Å². The quantitative estimate of drug-likeness (QED) is 0.908. The Morgan fingerprint density at radius 1 is 1.23 bits per heavy atom. The third kappa shape index (κ3) is 3.64. The van der Waals surface area contributed by atoms with E-state index < -0.39 is 0 Å². The molecule has 0 radical (unpaired) electrons. The van der Waals surface area contributed by atoms with Crippen LogP contribution in [0, 0.1) is 19.3 Å². The number of carbonyl (C=O) groups excluding carboxylic acids is 1. The minimum atomic E-state index is 0. The smallest absolute Gasteiger partial charge is 0.227 e. The molecule has 0 unspecified atom stereocenters. The standard InChI is InChI=1S/C18H26N2O.ClH/c1-14-3-4-15(2)16(11-14)12-17(21)20-10-7-18(13-20)5-8-19-9-6-18;/h3-4,11,19H,5-10,12-13H2,1-2H3;1H. The maximum Gasteiger partial charge on any atom is 0.227 e. The van der Waals surface area contributed by atoms with Gasteiger partial charge in [-0.3, -0.25) is 4.79 Å². The van der Waals surface area contributed by atoms with E-state index in [-0.39, 0.29) is 12.4 Å². The second-order valence-electron chi connectivity index (χ2n) is 6.92. The fourth-order valence-electron chi connectivity index (χ4n) is 3.78. The molecule has 0 atom stereocenters. The Bertz CT molecular complexity index is 538. The lowest BCUT2D eigenvalue weighted by Gasteiger charge is -2.33. The Balaban J connectivity index is 0.00000176. The number of nitrogens with zero attached hydrogens (tertiary/aromatic N) is 1. The molecule has 3 nitrogen and oxygen atoms in total. The number of likely N-dealkylation sites (tertiary alicyclic amines) is 1. The van der Waals surface area contributed by atoms with E-state index in [1.54, 1.807) is 0 Å². The molecule has 22 heavy (non-hydrogen) atoms. The van der Waals surface area contributed by atoms with Crippen molar-refractivity contribution in [1.82, 2.24) is 10.2 Å². The molecule has 2 saturated heterocycles. The van der Waals surface area contributed by atoms with E-state index >= 15 is 0 Å². The van der Waals surface area contributed by atoms with Gasteiger partial charge in [0.2, 0.25) is 5.91 Å². The number of hydrogen-bond acceptors (Lipinski definition) is 2. The third-order valence-corrected chi connectivity index (χ3v) is 5.30. The molecule has 0 aromatic heterocycles. The summed E-state index contributed by atoms with van der Waals surface area (Å²) in [5.74, 6) is 0.305. The maximum absolute atomic E-state index is 12.6. The van der Waals surface area contributed by atoms with Crippen molar-refractivity contribution in [3.8, 4) is 0 Å². The SMILES string of the molecule is Cc1ccc(C)c(CC(=O)N2CCC3(CCNCC3)C2)c1.Cl. The van der Waals surface area contributed by atoms with Crippen LogP contribution in [0.2, 0.25) is 0 Å². The Morgan fingerprint density at radius 2 is 1.95 bits per heavy atom. The molecule has 1 N–H and O–H groups in total. The lowest BCUT2D eigenvalue weighted by molar-refractivity contribution is -0.129. The molecule has 0 saturated carbocycles. The van der Waals surface area contributed by atoms with Crippen LogP contribution in [0.3, 0.4) is 0 Å². The number of piperidine rings is 1. The zero-order chi connectivity index (χ0) is 14.9. The van der Waals surface area contributed by atoms with Crippen molar-refractivity contribution in [2.45, 2.75) is 39.5 Å². The summed E-state index contributed by atoms with van der Waals surface area (Å²) in [7, 11) is 0. The molecule has 1 aromatic carbocycles. The lowest BCUT2D eigenvalue weighted by Crippen LogP contribution is -2.40. The highest BCUT2D eigenvalue weighted by atomic mass is 35.5. The first-order chi connectivity index (χ1) is 10.1. The van der Waals surface area contributed by atoms with Crippen molar-refractivity contribution in [2.24, 2.45) is 5.41 Å². The van der Waals surface area contributed by atoms with E-state index in [0.717, 1.165) is 26.2 Å². The van der Waals surface area contributed by atoms with E-state index in [1.165, 1.54) is 36.0 Å². The summed E-state index contributed by atoms with van der Waals surface area (Å²) < 4.78 is 0. The predicted molar refractivity (Wildman–Crippen MR) is 92.6 cm³/mol. The van der Waals surface area contributed by atoms with E-state index in [1.807, 2.05) is 0 Å². The molecule has 1 aromatic rings. The zero-order valence-electron chi connectivity index (χ0n) is 13.7. The van der Waals surface area contributed by atoms with Crippen LogP contribution in [0.25, 0.3) is 0 Å². The van der Waals surface area contributed by atoms with Crippen LogP contribution < -0.4 is 5.32 Å². The summed E-state index contributed by atoms with van der Waals surface area (Å²) in [4.78, 5) is 14.7. The first-order valence-corrected chi connectivity index (χ1v) is 8.13. The van der Waals surface area contributed by atoms with E-state index in [2.05, 4.69) is 42.3 Å². The first kappa shape index (κ1) is 17.3. The Morgan fingerprint density at radius 3 is 2.68 bits per heavy atom. The largest absolute Gasteiger partial charge is 0.342 e. The van der Waals surface area contributed by atoms with Gasteiger partial charge in [0, 0.05) is 13.1 Å². The number of carbonyl (C=O) groups is 1. The lowest BCUT2D eigenvalue weighted by atomic mass is 9.78. The maximum atomic E-state index is 12.6. The van der Waals surface area contributed by atoms with Gasteiger partial charge in [0.05, 0.1) is 6.42 Å². The van der Waals surface area contributed by atoms with Crippen LogP contribution in [0.1, 0.15) is 36.0 Å². The van der Waals surface area contributed by atoms with Crippen molar-refractivity contribution in [1.29, 1.82) is 0 Å². The van der Waals surface area contributed by atoms with Crippen molar-refractivity contribution in [3.63, 3.8) is 0 Å². The molecule has 2 fully saturated rings. The summed E-state index contributed by atoms with van der Waals surface area (Å²) in [6.07, 6.45) is 4.19. The molecule has 122 valence electrons. The van der Waals surface area contributed by atoms with Gasteiger partial charge in [-0.2, -0.15) is 0 Å². The predicted octanol–water partition coefficient (Wildman–Crippen LogP) is 2.87. The average Bonchev–Trinajstić information content (AvgIpc) is 2.87. The number of rotatable bonds is 2. The highest BCUT2D eigenvalue weighted by Gasteiger charge is 2.40. The molecule has 1 amide bonds. The number of halogens is 1. The molecule has 4 heteroatoms. The van der Waals surface area contributed by atoms with E-state index in [4.69, 9.17) is 0 Å². The fraction of sp³-hybridized carbons (Fsp3) is 0.611. The monoisotopic (exact) mass is 322 g/mol. The van der Waals surface area contributed by atoms with Gasteiger partial charge < -0.3 is 10.2 Å². The average molecular weight is 323 g/mol. The number of hydrogen-bond donors (Lipinski definition) is 1. The van der Waals surface area contributed by atoms with Gasteiger partial charge in [-0.15, -0.1) is 12.4 Å². The number of amides is 1. The van der Waals surface area contributed by atoms with Crippen LogP contribution >= 0.6 is 12.4 Å². The summed E-state index contributed by atoms with van der Waals surface area (Å²) >= 11 is 0. The highest BCUT2D eigenvalue weighted by Crippen LogP contribution is 2.38. The third-order valence-electron chi connectivity index (χ3n) is 5.30. The van der Waals surface area contributed by atoms with Gasteiger partial charge in [0.25, 0.3) is 0 Å². The molecule has 0 bridgehead atoms. The van der Waals surface area contributed by atoms with Crippen LogP contribution in [-0.4, -0.2) is 37.0 Å². The minimum Gasteiger partial charge on any atom is -0.342 e. The van der Waals surface area contributed by atoms with Gasteiger partial charge in [-0.05, 0) is 62.7 Å². The normalized spacial score (nSPS) is 20.0. The second-order valence-corrected chi connectivity index (χ2v) is 6.92. The minimum absolute atomic E-state index is 0. The van der Waals surface area contributed by atoms with E-state index in [0.29, 0.717) is 17.7 Å².